The van der Waals surface area contributed by atoms with Crippen LogP contribution in [0.15, 0.2) is 16.6 Å². The van der Waals surface area contributed by atoms with Crippen molar-refractivity contribution in [3.63, 3.8) is 0 Å². The van der Waals surface area contributed by atoms with Gasteiger partial charge in [0.1, 0.15) is 0 Å². The molecule has 0 saturated carbocycles. The number of hydrogen-bond acceptors (Lipinski definition) is 1. The minimum absolute atomic E-state index is 0.318. The first-order chi connectivity index (χ1) is 7.26. The highest BCUT2D eigenvalue weighted by atomic mass is 79.9. The van der Waals surface area contributed by atoms with E-state index in [1.165, 1.54) is 27.6 Å². The first-order valence-corrected chi connectivity index (χ1v) is 6.60. The Morgan fingerprint density at radius 3 is 3.00 bits per heavy atom. The van der Waals surface area contributed by atoms with Gasteiger partial charge in [-0.1, -0.05) is 28.9 Å². The summed E-state index contributed by atoms with van der Waals surface area (Å²) in [5.74, 6) is 0. The molecule has 1 N–H and O–H groups in total. The van der Waals surface area contributed by atoms with Gasteiger partial charge in [-0.3, -0.25) is 0 Å². The van der Waals surface area contributed by atoms with Crippen LogP contribution in [-0.2, 0) is 12.8 Å². The summed E-state index contributed by atoms with van der Waals surface area (Å²) in [6.07, 6.45) is 4.58. The third-order valence-corrected chi connectivity index (χ3v) is 4.10. The average molecular weight is 289 g/mol. The number of fused-ring (bicyclic) bond motifs is 1. The maximum atomic E-state index is 5.79. The van der Waals surface area contributed by atoms with E-state index in [0.29, 0.717) is 6.04 Å². The summed E-state index contributed by atoms with van der Waals surface area (Å²) in [4.78, 5) is 2.89. The summed E-state index contributed by atoms with van der Waals surface area (Å²) in [5, 5.41) is 0. The van der Waals surface area contributed by atoms with Gasteiger partial charge in [-0.25, -0.2) is 4.84 Å². The molecule has 0 heterocycles. The van der Waals surface area contributed by atoms with Gasteiger partial charge in [-0.05, 0) is 60.2 Å². The van der Waals surface area contributed by atoms with Gasteiger partial charge < -0.3 is 0 Å². The minimum Gasteiger partial charge on any atom is -0.226 e. The number of rotatable bonds is 2. The second-order valence-corrected chi connectivity index (χ2v) is 5.13. The topological polar surface area (TPSA) is 12.0 Å². The molecule has 15 heavy (non-hydrogen) atoms. The normalized spacial score (nSPS) is 20.1. The van der Waals surface area contributed by atoms with Crippen molar-refractivity contribution in [3.05, 3.63) is 33.3 Å². The van der Waals surface area contributed by atoms with Crippen LogP contribution in [0.2, 0.25) is 0 Å². The molecule has 0 bridgehead atoms. The predicted molar refractivity (Wildman–Crippen MR) is 68.2 cm³/mol. The fourth-order valence-corrected chi connectivity index (χ4v) is 3.19. The molecule has 0 aliphatic heterocycles. The lowest BCUT2D eigenvalue weighted by Gasteiger charge is -2.25. The molecule has 1 aliphatic carbocycles. The second-order valence-electron chi connectivity index (χ2n) is 4.05. The van der Waals surface area contributed by atoms with E-state index in [9.17, 15) is 0 Å². The lowest BCUT2D eigenvalue weighted by molar-refractivity contribution is 0.537. The smallest absolute Gasteiger partial charge is 0.0473 e. The highest BCUT2D eigenvalue weighted by Crippen LogP contribution is 2.35. The lowest BCUT2D eigenvalue weighted by Crippen LogP contribution is -2.18. The Hall–Kier alpha value is -0.0500. The van der Waals surface area contributed by atoms with Crippen molar-refractivity contribution in [1.29, 1.82) is 0 Å². The largest absolute Gasteiger partial charge is 0.226 e. The number of hydrogen-bond donors (Lipinski definition) is 1. The van der Waals surface area contributed by atoms with Crippen LogP contribution < -0.4 is 4.84 Å². The first-order valence-electron chi connectivity index (χ1n) is 5.43. The molecular weight excluding hydrogens is 273 g/mol. The minimum atomic E-state index is 0.318. The monoisotopic (exact) mass is 287 g/mol. The number of aryl methyl sites for hydroxylation is 1. The molecule has 2 rings (SSSR count). The molecule has 0 spiro atoms. The summed E-state index contributed by atoms with van der Waals surface area (Å²) in [7, 11) is 0. The average Bonchev–Trinajstić information content (AvgIpc) is 2.28. The summed E-state index contributed by atoms with van der Waals surface area (Å²) in [6, 6.07) is 4.84. The quantitative estimate of drug-likeness (QED) is 0.807. The van der Waals surface area contributed by atoms with Crippen molar-refractivity contribution in [2.24, 2.45) is 0 Å². The van der Waals surface area contributed by atoms with Gasteiger partial charge in [0.25, 0.3) is 0 Å². The molecular formula is C12H15BrClN. The van der Waals surface area contributed by atoms with Crippen LogP contribution in [0.5, 0.6) is 0 Å². The van der Waals surface area contributed by atoms with Crippen LogP contribution in [0.4, 0.5) is 0 Å². The standard InChI is InChI=1S/C12H15BrClN/c1-2-8-6-10-9(11(13)7-8)4-3-5-12(10)15-14/h6-7,12,15H,2-5H2,1H3/t12-/m0/s1. The van der Waals surface area contributed by atoms with E-state index in [1.54, 1.807) is 0 Å². The zero-order valence-corrected chi connectivity index (χ0v) is 11.2. The van der Waals surface area contributed by atoms with E-state index in [0.717, 1.165) is 19.3 Å². The van der Waals surface area contributed by atoms with Gasteiger partial charge in [-0.2, -0.15) is 0 Å². The number of halogens is 2. The maximum absolute atomic E-state index is 5.79. The SMILES string of the molecule is CCc1cc(Br)c2c(c1)[C@@H](NCl)CCC2. The molecule has 0 amide bonds. The van der Waals surface area contributed by atoms with Crippen LogP contribution in [-0.4, -0.2) is 0 Å². The highest BCUT2D eigenvalue weighted by molar-refractivity contribution is 9.10. The van der Waals surface area contributed by atoms with Crippen molar-refractivity contribution in [3.8, 4) is 0 Å². The summed E-state index contributed by atoms with van der Waals surface area (Å²) in [6.45, 7) is 2.18. The highest BCUT2D eigenvalue weighted by Gasteiger charge is 2.21. The summed E-state index contributed by atoms with van der Waals surface area (Å²) < 4.78 is 1.24. The van der Waals surface area contributed by atoms with Crippen LogP contribution in [0.1, 0.15) is 42.5 Å². The molecule has 0 saturated heterocycles. The zero-order valence-electron chi connectivity index (χ0n) is 8.82. The van der Waals surface area contributed by atoms with Crippen molar-refractivity contribution >= 4 is 27.7 Å². The van der Waals surface area contributed by atoms with E-state index >= 15 is 0 Å². The van der Waals surface area contributed by atoms with Crippen molar-refractivity contribution < 1.29 is 0 Å². The molecule has 1 aliphatic rings. The van der Waals surface area contributed by atoms with E-state index in [-0.39, 0.29) is 0 Å². The molecule has 0 aromatic heterocycles. The van der Waals surface area contributed by atoms with E-state index in [4.69, 9.17) is 11.8 Å². The van der Waals surface area contributed by atoms with Gasteiger partial charge in [0.2, 0.25) is 0 Å². The molecule has 1 nitrogen and oxygen atoms in total. The van der Waals surface area contributed by atoms with Crippen LogP contribution in [0.3, 0.4) is 0 Å². The molecule has 82 valence electrons. The Balaban J connectivity index is 2.48. The van der Waals surface area contributed by atoms with Gasteiger partial charge in [0, 0.05) is 10.5 Å². The van der Waals surface area contributed by atoms with E-state index in [2.05, 4.69) is 39.8 Å². The predicted octanol–water partition coefficient (Wildman–Crippen LogP) is 4.13. The second kappa shape index (κ2) is 4.86. The zero-order chi connectivity index (χ0) is 10.8. The first kappa shape index (κ1) is 11.4. The number of nitrogens with one attached hydrogen (secondary N) is 1. The van der Waals surface area contributed by atoms with Gasteiger partial charge in [0.05, 0.1) is 0 Å². The molecule has 0 radical (unpaired) electrons. The Morgan fingerprint density at radius 1 is 1.53 bits per heavy atom. The summed E-state index contributed by atoms with van der Waals surface area (Å²) in [5.41, 5.74) is 4.18. The van der Waals surface area contributed by atoms with Crippen LogP contribution >= 0.6 is 27.7 Å². The Labute approximate surface area is 104 Å². The van der Waals surface area contributed by atoms with Crippen LogP contribution in [0.25, 0.3) is 0 Å². The Morgan fingerprint density at radius 2 is 2.33 bits per heavy atom. The molecule has 3 heteroatoms. The third-order valence-electron chi connectivity index (χ3n) is 3.12. The van der Waals surface area contributed by atoms with E-state index in [1.807, 2.05) is 0 Å². The van der Waals surface area contributed by atoms with Crippen molar-refractivity contribution in [2.45, 2.75) is 38.6 Å². The fourth-order valence-electron chi connectivity index (χ4n) is 2.25. The Bertz CT molecular complexity index is 365. The summed E-state index contributed by atoms with van der Waals surface area (Å²) >= 11 is 9.45. The Kier molecular flexibility index (Phi) is 3.70. The number of benzene rings is 1. The van der Waals surface area contributed by atoms with Gasteiger partial charge in [-0.15, -0.1) is 0 Å². The molecule has 0 unspecified atom stereocenters. The van der Waals surface area contributed by atoms with Crippen molar-refractivity contribution in [1.82, 2.24) is 4.84 Å². The maximum Gasteiger partial charge on any atom is 0.0473 e. The van der Waals surface area contributed by atoms with Gasteiger partial charge in [0.15, 0.2) is 0 Å². The third kappa shape index (κ3) is 2.22. The van der Waals surface area contributed by atoms with E-state index < -0.39 is 0 Å². The molecule has 1 aromatic carbocycles. The van der Waals surface area contributed by atoms with Crippen molar-refractivity contribution in [2.75, 3.05) is 0 Å². The molecule has 1 aromatic rings. The van der Waals surface area contributed by atoms with Crippen LogP contribution in [0, 0.1) is 0 Å². The molecule has 1 atom stereocenters. The lowest BCUT2D eigenvalue weighted by atomic mass is 9.87. The van der Waals surface area contributed by atoms with Gasteiger partial charge >= 0.3 is 0 Å². The molecule has 0 fully saturated rings. The fraction of sp³-hybridized carbons (Fsp3) is 0.500.